The maximum Gasteiger partial charge on any atom is 0.123 e. The van der Waals surface area contributed by atoms with Crippen LogP contribution < -0.4 is 15.8 Å². The predicted octanol–water partition coefficient (Wildman–Crippen LogP) is 1.41. The smallest absolute Gasteiger partial charge is 0.123 e. The van der Waals surface area contributed by atoms with Crippen molar-refractivity contribution >= 4 is 0 Å². The van der Waals surface area contributed by atoms with Crippen LogP contribution in [0.5, 0.6) is 11.5 Å². The Labute approximate surface area is 108 Å². The van der Waals surface area contributed by atoms with E-state index in [0.29, 0.717) is 5.75 Å². The lowest BCUT2D eigenvalue weighted by Crippen LogP contribution is -2.34. The van der Waals surface area contributed by atoms with Gasteiger partial charge in [-0.3, -0.25) is 0 Å². The van der Waals surface area contributed by atoms with Crippen molar-refractivity contribution < 1.29 is 9.84 Å². The minimum absolute atomic E-state index is 0.236. The van der Waals surface area contributed by atoms with Crippen LogP contribution in [0.1, 0.15) is 24.8 Å². The molecule has 0 bridgehead atoms. The number of benzene rings is 1. The molecule has 0 unspecified atom stereocenters. The summed E-state index contributed by atoms with van der Waals surface area (Å²) in [5.74, 6) is 1.23. The molecule has 4 heteroatoms. The van der Waals surface area contributed by atoms with Crippen LogP contribution in [0.25, 0.3) is 0 Å². The highest BCUT2D eigenvalue weighted by Gasteiger charge is 2.19. The number of nitrogens with one attached hydrogen (secondary N) is 1. The Morgan fingerprint density at radius 3 is 3.11 bits per heavy atom. The molecule has 0 radical (unpaired) electrons. The van der Waals surface area contributed by atoms with Gasteiger partial charge in [0.1, 0.15) is 17.6 Å². The SMILES string of the molecule is NCCCCNC[C@H]1CCc2cc(O)ccc2O1. The van der Waals surface area contributed by atoms with E-state index in [0.717, 1.165) is 56.6 Å². The largest absolute Gasteiger partial charge is 0.508 e. The summed E-state index contributed by atoms with van der Waals surface area (Å²) in [4.78, 5) is 0. The monoisotopic (exact) mass is 250 g/mol. The minimum Gasteiger partial charge on any atom is -0.508 e. The van der Waals surface area contributed by atoms with Crippen molar-refractivity contribution in [2.24, 2.45) is 5.73 Å². The Balaban J connectivity index is 1.76. The molecule has 0 fully saturated rings. The van der Waals surface area contributed by atoms with Crippen molar-refractivity contribution in [1.29, 1.82) is 0 Å². The number of ether oxygens (including phenoxy) is 1. The van der Waals surface area contributed by atoms with Crippen molar-refractivity contribution in [3.05, 3.63) is 23.8 Å². The second-order valence-electron chi connectivity index (χ2n) is 4.77. The Morgan fingerprint density at radius 2 is 2.28 bits per heavy atom. The van der Waals surface area contributed by atoms with Gasteiger partial charge in [0.25, 0.3) is 0 Å². The Kier molecular flexibility index (Phi) is 4.84. The van der Waals surface area contributed by atoms with Gasteiger partial charge in [0, 0.05) is 6.54 Å². The number of phenols is 1. The molecule has 1 aromatic rings. The van der Waals surface area contributed by atoms with Crippen molar-refractivity contribution in [2.45, 2.75) is 31.8 Å². The van der Waals surface area contributed by atoms with Gasteiger partial charge in [-0.25, -0.2) is 0 Å². The number of unbranched alkanes of at least 4 members (excludes halogenated alkanes) is 1. The van der Waals surface area contributed by atoms with Crippen LogP contribution in [0.2, 0.25) is 0 Å². The highest BCUT2D eigenvalue weighted by Crippen LogP contribution is 2.30. The number of aromatic hydroxyl groups is 1. The van der Waals surface area contributed by atoms with E-state index in [1.54, 1.807) is 12.1 Å². The van der Waals surface area contributed by atoms with Gasteiger partial charge in [0.05, 0.1) is 0 Å². The Morgan fingerprint density at radius 1 is 1.39 bits per heavy atom. The van der Waals surface area contributed by atoms with Crippen LogP contribution in [0.3, 0.4) is 0 Å². The topological polar surface area (TPSA) is 67.5 Å². The molecule has 0 aliphatic carbocycles. The molecule has 1 aromatic carbocycles. The summed E-state index contributed by atoms with van der Waals surface area (Å²) in [5.41, 5.74) is 6.55. The van der Waals surface area contributed by atoms with Crippen molar-refractivity contribution in [3.63, 3.8) is 0 Å². The zero-order valence-electron chi connectivity index (χ0n) is 10.7. The number of rotatable bonds is 6. The fourth-order valence-electron chi connectivity index (χ4n) is 2.23. The van der Waals surface area contributed by atoms with E-state index in [-0.39, 0.29) is 6.10 Å². The molecule has 1 aliphatic heterocycles. The first-order valence-corrected chi connectivity index (χ1v) is 6.69. The highest BCUT2D eigenvalue weighted by molar-refractivity contribution is 5.41. The molecule has 1 atom stereocenters. The van der Waals surface area contributed by atoms with Crippen LogP contribution in [0.4, 0.5) is 0 Å². The van der Waals surface area contributed by atoms with Gasteiger partial charge >= 0.3 is 0 Å². The molecule has 2 rings (SSSR count). The Bertz CT molecular complexity index is 382. The average molecular weight is 250 g/mol. The van der Waals surface area contributed by atoms with Crippen LogP contribution in [-0.2, 0) is 6.42 Å². The number of fused-ring (bicyclic) bond motifs is 1. The van der Waals surface area contributed by atoms with Crippen molar-refractivity contribution in [1.82, 2.24) is 5.32 Å². The second kappa shape index (κ2) is 6.61. The summed E-state index contributed by atoms with van der Waals surface area (Å²) in [6.45, 7) is 2.64. The number of aryl methyl sites for hydroxylation is 1. The maximum atomic E-state index is 9.40. The van der Waals surface area contributed by atoms with E-state index in [2.05, 4.69) is 5.32 Å². The summed E-state index contributed by atoms with van der Waals surface area (Å²) < 4.78 is 5.90. The van der Waals surface area contributed by atoms with Gasteiger partial charge in [-0.05, 0) is 62.5 Å². The fraction of sp³-hybridized carbons (Fsp3) is 0.571. The van der Waals surface area contributed by atoms with E-state index in [4.69, 9.17) is 10.5 Å². The molecule has 18 heavy (non-hydrogen) atoms. The first-order valence-electron chi connectivity index (χ1n) is 6.69. The lowest BCUT2D eigenvalue weighted by Gasteiger charge is -2.26. The summed E-state index contributed by atoms with van der Waals surface area (Å²) in [5, 5.41) is 12.8. The molecule has 1 aliphatic rings. The number of hydrogen-bond acceptors (Lipinski definition) is 4. The molecule has 0 saturated heterocycles. The summed E-state index contributed by atoms with van der Waals surface area (Å²) in [6.07, 6.45) is 4.40. The second-order valence-corrected chi connectivity index (χ2v) is 4.77. The first kappa shape index (κ1) is 13.2. The zero-order valence-corrected chi connectivity index (χ0v) is 10.7. The average Bonchev–Trinajstić information content (AvgIpc) is 2.38. The van der Waals surface area contributed by atoms with Gasteiger partial charge in [-0.15, -0.1) is 0 Å². The lowest BCUT2D eigenvalue weighted by atomic mass is 10.0. The molecule has 4 nitrogen and oxygen atoms in total. The first-order chi connectivity index (χ1) is 8.79. The van der Waals surface area contributed by atoms with E-state index in [1.165, 1.54) is 0 Å². The molecular weight excluding hydrogens is 228 g/mol. The molecule has 100 valence electrons. The standard InChI is InChI=1S/C14H22N2O2/c15-7-1-2-8-16-10-13-5-3-11-9-12(17)4-6-14(11)18-13/h4,6,9,13,16-17H,1-3,5,7-8,10,15H2/t13-/m1/s1. The van der Waals surface area contributed by atoms with Gasteiger partial charge in [0.2, 0.25) is 0 Å². The van der Waals surface area contributed by atoms with Crippen LogP contribution >= 0.6 is 0 Å². The molecular formula is C14H22N2O2. The normalized spacial score (nSPS) is 18.2. The van der Waals surface area contributed by atoms with E-state index in [1.807, 2.05) is 6.07 Å². The van der Waals surface area contributed by atoms with E-state index >= 15 is 0 Å². The maximum absolute atomic E-state index is 9.40. The molecule has 0 saturated carbocycles. The molecule has 0 spiro atoms. The third-order valence-electron chi connectivity index (χ3n) is 3.25. The molecule has 0 amide bonds. The number of hydrogen-bond donors (Lipinski definition) is 3. The zero-order chi connectivity index (χ0) is 12.8. The molecule has 1 heterocycles. The number of phenolic OH excluding ortho intramolecular Hbond substituents is 1. The van der Waals surface area contributed by atoms with Crippen molar-refractivity contribution in [3.8, 4) is 11.5 Å². The van der Waals surface area contributed by atoms with Gasteiger partial charge in [-0.2, -0.15) is 0 Å². The molecule has 4 N–H and O–H groups in total. The van der Waals surface area contributed by atoms with Crippen molar-refractivity contribution in [2.75, 3.05) is 19.6 Å². The van der Waals surface area contributed by atoms with Gasteiger partial charge < -0.3 is 20.9 Å². The molecule has 0 aromatic heterocycles. The quantitative estimate of drug-likeness (QED) is 0.668. The predicted molar refractivity (Wildman–Crippen MR) is 72.0 cm³/mol. The fourth-order valence-corrected chi connectivity index (χ4v) is 2.23. The van der Waals surface area contributed by atoms with Gasteiger partial charge in [-0.1, -0.05) is 0 Å². The van der Waals surface area contributed by atoms with E-state index < -0.39 is 0 Å². The Hall–Kier alpha value is -1.26. The third-order valence-corrected chi connectivity index (χ3v) is 3.25. The summed E-state index contributed by atoms with van der Waals surface area (Å²) in [7, 11) is 0. The summed E-state index contributed by atoms with van der Waals surface area (Å²) in [6, 6.07) is 5.32. The number of nitrogens with two attached hydrogens (primary N) is 1. The summed E-state index contributed by atoms with van der Waals surface area (Å²) >= 11 is 0. The third kappa shape index (κ3) is 3.62. The van der Waals surface area contributed by atoms with Gasteiger partial charge in [0.15, 0.2) is 0 Å². The highest BCUT2D eigenvalue weighted by atomic mass is 16.5. The van der Waals surface area contributed by atoms with E-state index in [9.17, 15) is 5.11 Å². The van der Waals surface area contributed by atoms with Crippen LogP contribution in [-0.4, -0.2) is 30.8 Å². The van der Waals surface area contributed by atoms with Crippen LogP contribution in [0, 0.1) is 0 Å². The lowest BCUT2D eigenvalue weighted by molar-refractivity contribution is 0.170. The minimum atomic E-state index is 0.236. The van der Waals surface area contributed by atoms with Crippen LogP contribution in [0.15, 0.2) is 18.2 Å².